The number of halogens is 1. The molecule has 0 radical (unpaired) electrons. The Kier molecular flexibility index (Phi) is 5.53. The Morgan fingerprint density at radius 1 is 1.19 bits per heavy atom. The van der Waals surface area contributed by atoms with Crippen molar-refractivity contribution < 1.29 is 0 Å². The van der Waals surface area contributed by atoms with E-state index in [1.165, 1.54) is 0 Å². The van der Waals surface area contributed by atoms with E-state index in [0.717, 1.165) is 24.5 Å². The van der Waals surface area contributed by atoms with E-state index in [4.69, 9.17) is 11.6 Å². The highest BCUT2D eigenvalue weighted by Crippen LogP contribution is 2.19. The van der Waals surface area contributed by atoms with Gasteiger partial charge in [-0.1, -0.05) is 41.9 Å². The summed E-state index contributed by atoms with van der Waals surface area (Å²) in [4.78, 5) is 11.1. The number of hydrogen-bond acceptors (Lipinski definition) is 4. The number of likely N-dealkylation sites (N-methyl/N-ethyl adjacent to an activating group) is 1. The molecule has 0 fully saturated rings. The zero-order valence-electron chi connectivity index (χ0n) is 12.7. The maximum absolute atomic E-state index is 6.09. The van der Waals surface area contributed by atoms with Crippen LogP contribution in [-0.4, -0.2) is 41.0 Å². The molecule has 2 aromatic rings. The summed E-state index contributed by atoms with van der Waals surface area (Å²) in [5.41, 5.74) is 0.961. The summed E-state index contributed by atoms with van der Waals surface area (Å²) in [7, 11) is 2.11. The molecule has 0 saturated carbocycles. The van der Waals surface area contributed by atoms with Gasteiger partial charge in [-0.2, -0.15) is 0 Å². The van der Waals surface area contributed by atoms with Crippen molar-refractivity contribution in [2.45, 2.75) is 19.9 Å². The largest absolute Gasteiger partial charge is 0.369 e. The van der Waals surface area contributed by atoms with Crippen molar-refractivity contribution >= 4 is 17.4 Å². The maximum Gasteiger partial charge on any atom is 0.163 e. The molecule has 0 aliphatic rings. The topological polar surface area (TPSA) is 41.0 Å². The first kappa shape index (κ1) is 15.7. The van der Waals surface area contributed by atoms with Gasteiger partial charge < -0.3 is 10.2 Å². The molecule has 1 aromatic carbocycles. The molecule has 0 saturated heterocycles. The lowest BCUT2D eigenvalue weighted by atomic mass is 10.2. The third-order valence-corrected chi connectivity index (χ3v) is 3.57. The fourth-order valence-corrected chi connectivity index (χ4v) is 2.03. The van der Waals surface area contributed by atoms with Crippen molar-refractivity contribution in [2.75, 3.05) is 25.5 Å². The minimum absolute atomic E-state index is 0.448. The summed E-state index contributed by atoms with van der Waals surface area (Å²) < 4.78 is 0. The van der Waals surface area contributed by atoms with Gasteiger partial charge in [0, 0.05) is 30.8 Å². The molecule has 0 amide bonds. The fourth-order valence-electron chi connectivity index (χ4n) is 1.84. The minimum atomic E-state index is 0.448. The van der Waals surface area contributed by atoms with Crippen molar-refractivity contribution in [1.82, 2.24) is 14.9 Å². The van der Waals surface area contributed by atoms with E-state index in [0.29, 0.717) is 17.0 Å². The molecule has 112 valence electrons. The number of hydrogen-bond donors (Lipinski definition) is 1. The van der Waals surface area contributed by atoms with E-state index >= 15 is 0 Å². The third kappa shape index (κ3) is 4.69. The predicted octanol–water partition coefficient (Wildman–Crippen LogP) is 3.55. The van der Waals surface area contributed by atoms with Crippen LogP contribution in [0, 0.1) is 0 Å². The van der Waals surface area contributed by atoms with E-state index in [1.807, 2.05) is 30.3 Å². The molecule has 0 bridgehead atoms. The number of anilines is 1. The molecule has 5 heteroatoms. The second-order valence-corrected chi connectivity index (χ2v) is 5.65. The van der Waals surface area contributed by atoms with E-state index in [-0.39, 0.29) is 0 Å². The quantitative estimate of drug-likeness (QED) is 0.829. The molecule has 21 heavy (non-hydrogen) atoms. The van der Waals surface area contributed by atoms with E-state index in [1.54, 1.807) is 6.07 Å². The lowest BCUT2D eigenvalue weighted by Crippen LogP contribution is -2.31. The van der Waals surface area contributed by atoms with Crippen LogP contribution in [0.4, 0.5) is 5.82 Å². The summed E-state index contributed by atoms with van der Waals surface area (Å²) in [6, 6.07) is 12.1. The van der Waals surface area contributed by atoms with Gasteiger partial charge in [0.1, 0.15) is 11.0 Å². The van der Waals surface area contributed by atoms with E-state index in [9.17, 15) is 0 Å². The van der Waals surface area contributed by atoms with Gasteiger partial charge in [-0.3, -0.25) is 0 Å². The monoisotopic (exact) mass is 304 g/mol. The van der Waals surface area contributed by atoms with E-state index < -0.39 is 0 Å². The highest BCUT2D eigenvalue weighted by atomic mass is 35.5. The lowest BCUT2D eigenvalue weighted by molar-refractivity contribution is 0.284. The molecule has 2 rings (SSSR count). The smallest absolute Gasteiger partial charge is 0.163 e. The van der Waals surface area contributed by atoms with Crippen LogP contribution in [0.25, 0.3) is 11.4 Å². The van der Waals surface area contributed by atoms with Gasteiger partial charge in [0.25, 0.3) is 0 Å². The summed E-state index contributed by atoms with van der Waals surface area (Å²) in [6.07, 6.45) is 0. The van der Waals surface area contributed by atoms with Crippen LogP contribution in [0.15, 0.2) is 36.4 Å². The zero-order chi connectivity index (χ0) is 15.2. The Labute approximate surface area is 131 Å². The van der Waals surface area contributed by atoms with Gasteiger partial charge in [0.05, 0.1) is 0 Å². The van der Waals surface area contributed by atoms with Gasteiger partial charge in [-0.25, -0.2) is 9.97 Å². The number of nitrogens with one attached hydrogen (secondary N) is 1. The second kappa shape index (κ2) is 7.38. The minimum Gasteiger partial charge on any atom is -0.369 e. The highest BCUT2D eigenvalue weighted by molar-refractivity contribution is 6.29. The van der Waals surface area contributed by atoms with Crippen molar-refractivity contribution in [3.8, 4) is 11.4 Å². The summed E-state index contributed by atoms with van der Waals surface area (Å²) in [5, 5.41) is 3.75. The van der Waals surface area contributed by atoms with Crippen molar-refractivity contribution in [3.05, 3.63) is 41.6 Å². The molecule has 0 aliphatic carbocycles. The number of nitrogens with zero attached hydrogens (tertiary/aromatic N) is 3. The molecule has 1 N–H and O–H groups in total. The van der Waals surface area contributed by atoms with E-state index in [2.05, 4.69) is 41.1 Å². The standard InChI is InChI=1S/C16H21ClN4/c1-12(2)21(3)10-9-18-15-11-14(17)19-16(20-15)13-7-5-4-6-8-13/h4-8,11-12H,9-10H2,1-3H3,(H,18,19,20). The summed E-state index contributed by atoms with van der Waals surface area (Å²) >= 11 is 6.09. The Balaban J connectivity index is 2.06. The lowest BCUT2D eigenvalue weighted by Gasteiger charge is -2.21. The highest BCUT2D eigenvalue weighted by Gasteiger charge is 2.06. The third-order valence-electron chi connectivity index (χ3n) is 3.38. The SMILES string of the molecule is CC(C)N(C)CCNc1cc(Cl)nc(-c2ccccc2)n1. The van der Waals surface area contributed by atoms with Crippen molar-refractivity contribution in [1.29, 1.82) is 0 Å². The Hall–Kier alpha value is -1.65. The summed E-state index contributed by atoms with van der Waals surface area (Å²) in [5.74, 6) is 1.40. The predicted molar refractivity (Wildman–Crippen MR) is 88.7 cm³/mol. The van der Waals surface area contributed by atoms with Crippen LogP contribution >= 0.6 is 11.6 Å². The molecular formula is C16H21ClN4. The van der Waals surface area contributed by atoms with Crippen LogP contribution in [0.2, 0.25) is 5.15 Å². The first-order valence-electron chi connectivity index (χ1n) is 7.10. The number of rotatable bonds is 6. The average molecular weight is 305 g/mol. The molecule has 1 aromatic heterocycles. The number of benzene rings is 1. The van der Waals surface area contributed by atoms with Gasteiger partial charge in [0.2, 0.25) is 0 Å². The average Bonchev–Trinajstić information content (AvgIpc) is 2.47. The molecule has 0 aliphatic heterocycles. The van der Waals surface area contributed by atoms with Gasteiger partial charge in [-0.15, -0.1) is 0 Å². The maximum atomic E-state index is 6.09. The molecular weight excluding hydrogens is 284 g/mol. The Morgan fingerprint density at radius 3 is 2.57 bits per heavy atom. The number of aromatic nitrogens is 2. The fraction of sp³-hybridized carbons (Fsp3) is 0.375. The second-order valence-electron chi connectivity index (χ2n) is 5.27. The van der Waals surface area contributed by atoms with Crippen molar-refractivity contribution in [2.24, 2.45) is 0 Å². The molecule has 4 nitrogen and oxygen atoms in total. The Bertz CT molecular complexity index is 572. The van der Waals surface area contributed by atoms with Crippen LogP contribution in [0.3, 0.4) is 0 Å². The molecule has 0 spiro atoms. The van der Waals surface area contributed by atoms with Gasteiger partial charge >= 0.3 is 0 Å². The molecule has 1 heterocycles. The van der Waals surface area contributed by atoms with Crippen LogP contribution in [0.5, 0.6) is 0 Å². The van der Waals surface area contributed by atoms with Crippen LogP contribution in [-0.2, 0) is 0 Å². The first-order chi connectivity index (χ1) is 10.1. The van der Waals surface area contributed by atoms with Crippen LogP contribution in [0.1, 0.15) is 13.8 Å². The normalized spacial score (nSPS) is 11.1. The molecule has 0 atom stereocenters. The van der Waals surface area contributed by atoms with Gasteiger partial charge in [-0.05, 0) is 20.9 Å². The van der Waals surface area contributed by atoms with Gasteiger partial charge in [0.15, 0.2) is 5.82 Å². The van der Waals surface area contributed by atoms with Crippen molar-refractivity contribution in [3.63, 3.8) is 0 Å². The first-order valence-corrected chi connectivity index (χ1v) is 7.48. The molecule has 0 unspecified atom stereocenters. The Morgan fingerprint density at radius 2 is 1.90 bits per heavy atom. The zero-order valence-corrected chi connectivity index (χ0v) is 13.4. The van der Waals surface area contributed by atoms with Crippen LogP contribution < -0.4 is 5.32 Å². The summed E-state index contributed by atoms with van der Waals surface area (Å²) in [6.45, 7) is 6.11.